The number of nitrogens with two attached hydrogens (primary N) is 1. The van der Waals surface area contributed by atoms with Gasteiger partial charge in [-0.2, -0.15) is 0 Å². The van der Waals surface area contributed by atoms with E-state index in [2.05, 4.69) is 239 Å². The first-order valence-electron chi connectivity index (χ1n) is 36.3. The quantitative estimate of drug-likeness (QED) is 0.112. The Kier molecular flexibility index (Phi) is 51.0. The summed E-state index contributed by atoms with van der Waals surface area (Å²) in [6.07, 6.45) is 4.61. The largest absolute Gasteiger partial charge is 0.494 e. The number of nitrogens with one attached hydrogen (secondary N) is 2. The van der Waals surface area contributed by atoms with Gasteiger partial charge >= 0.3 is 0 Å². The summed E-state index contributed by atoms with van der Waals surface area (Å²) in [5, 5.41) is 10.3. The molecule has 0 aromatic heterocycles. The maximum Gasteiger partial charge on any atom is 0.221 e. The summed E-state index contributed by atoms with van der Waals surface area (Å²) in [5.74, 6) is 0.954. The van der Waals surface area contributed by atoms with Gasteiger partial charge in [-0.1, -0.05) is 291 Å². The Morgan fingerprint density at radius 3 is 1.14 bits per heavy atom. The van der Waals surface area contributed by atoms with Crippen molar-refractivity contribution < 1.29 is 9.53 Å². The Morgan fingerprint density at radius 2 is 0.748 bits per heavy atom. The van der Waals surface area contributed by atoms with Crippen molar-refractivity contribution in [3.05, 3.63) is 361 Å². The second-order valence-electron chi connectivity index (χ2n) is 26.8. The second-order valence-corrected chi connectivity index (χ2v) is 29.3. The van der Waals surface area contributed by atoms with Crippen LogP contribution in [0.25, 0.3) is 0 Å². The van der Waals surface area contributed by atoms with Crippen LogP contribution in [-0.4, -0.2) is 39.7 Å². The number of nitrogens with zero attached hydrogens (tertiary/aromatic N) is 1. The van der Waals surface area contributed by atoms with E-state index in [-0.39, 0.29) is 5.91 Å². The zero-order valence-corrected chi connectivity index (χ0v) is 72.1. The van der Waals surface area contributed by atoms with Crippen LogP contribution in [0, 0.1) is 118 Å². The normalized spacial score (nSPS) is 9.61. The van der Waals surface area contributed by atoms with Crippen molar-refractivity contribution in [2.24, 2.45) is 5.73 Å². The Bertz CT molecular complexity index is 4050. The number of carbonyl (C=O) groups excluding carboxylic acids is 1. The molecule has 0 heterocycles. The lowest BCUT2D eigenvalue weighted by molar-refractivity contribution is -0.114. The van der Waals surface area contributed by atoms with Crippen LogP contribution in [0.3, 0.4) is 0 Å². The highest BCUT2D eigenvalue weighted by atomic mass is 35.5. The van der Waals surface area contributed by atoms with E-state index in [1.807, 2.05) is 140 Å². The number of hydrogen-bond acceptors (Lipinski definition) is 5. The summed E-state index contributed by atoms with van der Waals surface area (Å²) in [5.41, 5.74) is 30.2. The molecule has 0 saturated heterocycles. The Morgan fingerprint density at radius 1 is 0.364 bits per heavy atom. The highest BCUT2D eigenvalue weighted by molar-refractivity contribution is 6.42. The molecule has 0 bridgehead atoms. The number of halogens is 6. The first-order chi connectivity index (χ1) is 50.6. The minimum atomic E-state index is -0.0244. The van der Waals surface area contributed by atoms with E-state index >= 15 is 0 Å². The minimum absolute atomic E-state index is 0.0244. The molecule has 574 valence electrons. The summed E-state index contributed by atoms with van der Waals surface area (Å²) in [4.78, 5) is 12.9. The summed E-state index contributed by atoms with van der Waals surface area (Å²) in [6.45, 7) is 41.4. The van der Waals surface area contributed by atoms with Gasteiger partial charge in [0.1, 0.15) is 5.75 Å². The predicted molar refractivity (Wildman–Crippen MR) is 477 cm³/mol. The van der Waals surface area contributed by atoms with Crippen molar-refractivity contribution in [1.29, 1.82) is 0 Å². The molecule has 0 aliphatic carbocycles. The molecule has 11 aromatic rings. The zero-order chi connectivity index (χ0) is 80.4. The summed E-state index contributed by atoms with van der Waals surface area (Å²) >= 11 is 34.1. The van der Waals surface area contributed by atoms with Gasteiger partial charge in [0.15, 0.2) is 0 Å². The van der Waals surface area contributed by atoms with E-state index in [9.17, 15) is 4.79 Å². The van der Waals surface area contributed by atoms with Gasteiger partial charge in [-0.05, 0) is 267 Å². The molecular weight excluding hydrogens is 1440 g/mol. The lowest BCUT2D eigenvalue weighted by atomic mass is 10.1. The molecule has 4 N–H and O–H groups in total. The monoisotopic (exact) mass is 1560 g/mol. The van der Waals surface area contributed by atoms with Crippen LogP contribution in [-0.2, 0) is 4.79 Å². The average molecular weight is 1560 g/mol. The van der Waals surface area contributed by atoms with Crippen LogP contribution in [0.4, 0.5) is 17.1 Å². The van der Waals surface area contributed by atoms with E-state index in [1.54, 1.807) is 12.1 Å². The Labute approximate surface area is 676 Å². The summed E-state index contributed by atoms with van der Waals surface area (Å²) in [6, 6.07) is 79.4. The molecule has 0 spiro atoms. The van der Waals surface area contributed by atoms with Gasteiger partial charge in [0.05, 0.1) is 16.7 Å². The lowest BCUT2D eigenvalue weighted by Gasteiger charge is -2.11. The standard InChI is InChI=1S/C13H22N2.C10H13NO.C10H14O.C9H13N.C9H12.2C8H10.3C7H6Cl2.C7H8/c1-11-6-7-12(2)13(10-11)15-9-5-3-4-8-14;1-7-4-5-8(2)10(6-7)11-9(3)12;1-3-7-11-10-6-4-5-9(2)8-10;1-8-4-6-9(7-5-8)10(2)3;1-7-4-8(2)6-9(3)5-7;1-7-3-5-8(2)6-4-7;1-7-4-3-5-8(2)6-7;1-5-2-6(8)4-7(9)3-5;1-5-2-3-6(8)7(9)4-5;1-5-6(8)3-2-4-7(5)9;1-7-5-3-2-4-6-7/h6-7,10,15H,3-5,8-9,14H2,1-2H3;4-6H,1-3H3,(H,11,12);4-6,8H,3,7H2,1-2H3;4-7H,1-3H3;4-6H,1-3H3;2*3-6H,1-2H3;3*2-4H,1H3;2-6H,1H3. The van der Waals surface area contributed by atoms with E-state index < -0.39 is 0 Å². The number of ether oxygens (including phenoxy) is 1. The first-order valence-corrected chi connectivity index (χ1v) is 38.6. The molecule has 0 atom stereocenters. The number of aryl methyl sites for hydroxylation is 16. The van der Waals surface area contributed by atoms with Crippen LogP contribution in [0.1, 0.15) is 134 Å². The molecule has 1 amide bonds. The van der Waals surface area contributed by atoms with Crippen molar-refractivity contribution in [3.8, 4) is 5.75 Å². The topological polar surface area (TPSA) is 79.6 Å². The molecule has 11 aromatic carbocycles. The van der Waals surface area contributed by atoms with Crippen LogP contribution >= 0.6 is 69.6 Å². The van der Waals surface area contributed by atoms with E-state index in [4.69, 9.17) is 80.1 Å². The van der Waals surface area contributed by atoms with Gasteiger partial charge in [0.2, 0.25) is 5.91 Å². The first kappa shape index (κ1) is 97.0. The minimum Gasteiger partial charge on any atom is -0.494 e. The van der Waals surface area contributed by atoms with Gasteiger partial charge in [0.25, 0.3) is 0 Å². The molecule has 12 heteroatoms. The van der Waals surface area contributed by atoms with Gasteiger partial charge in [-0.15, -0.1) is 0 Å². The molecule has 0 aliphatic rings. The molecule has 107 heavy (non-hydrogen) atoms. The Balaban J connectivity index is 0.000000592. The summed E-state index contributed by atoms with van der Waals surface area (Å²) < 4.78 is 5.44. The van der Waals surface area contributed by atoms with E-state index in [1.165, 1.54) is 97.9 Å². The van der Waals surface area contributed by atoms with Crippen LogP contribution < -0.4 is 26.0 Å². The van der Waals surface area contributed by atoms with Crippen molar-refractivity contribution in [2.75, 3.05) is 49.3 Å². The van der Waals surface area contributed by atoms with Gasteiger partial charge in [0, 0.05) is 64.7 Å². The van der Waals surface area contributed by atoms with Gasteiger partial charge < -0.3 is 26.0 Å². The lowest BCUT2D eigenvalue weighted by Crippen LogP contribution is -2.07. The van der Waals surface area contributed by atoms with Crippen molar-refractivity contribution in [3.63, 3.8) is 0 Å². The maximum absolute atomic E-state index is 10.8. The Hall–Kier alpha value is -8.01. The molecule has 0 saturated carbocycles. The van der Waals surface area contributed by atoms with E-state index in [0.29, 0.717) is 20.1 Å². The molecule has 0 unspecified atom stereocenters. The molecule has 0 radical (unpaired) electrons. The number of amides is 1. The second kappa shape index (κ2) is 56.3. The molecule has 0 aliphatic heterocycles. The average Bonchev–Trinajstić information content (AvgIpc) is 0.886. The van der Waals surface area contributed by atoms with Crippen molar-refractivity contribution >= 4 is 92.6 Å². The van der Waals surface area contributed by atoms with Crippen LogP contribution in [0.2, 0.25) is 30.1 Å². The number of hydrogen-bond donors (Lipinski definition) is 3. The molecule has 0 fully saturated rings. The van der Waals surface area contributed by atoms with Crippen LogP contribution in [0.5, 0.6) is 5.75 Å². The molecular formula is C95H120Cl6N4O2. The summed E-state index contributed by atoms with van der Waals surface area (Å²) in [7, 11) is 4.09. The number of carbonyl (C=O) groups is 1. The van der Waals surface area contributed by atoms with E-state index in [0.717, 1.165) is 81.8 Å². The van der Waals surface area contributed by atoms with Gasteiger partial charge in [-0.3, -0.25) is 4.79 Å². The third-order valence-corrected chi connectivity index (χ3v) is 17.3. The molecule has 11 rings (SSSR count). The molecule has 6 nitrogen and oxygen atoms in total. The number of anilines is 3. The van der Waals surface area contributed by atoms with Gasteiger partial charge in [-0.25, -0.2) is 0 Å². The fraction of sp³-hybridized carbons (Fsp3) is 0.295. The van der Waals surface area contributed by atoms with Crippen molar-refractivity contribution in [1.82, 2.24) is 0 Å². The zero-order valence-electron chi connectivity index (χ0n) is 67.6. The fourth-order valence-corrected chi connectivity index (χ4v) is 10.9. The third kappa shape index (κ3) is 48.8. The number of rotatable bonds is 11. The number of benzene rings is 11. The predicted octanol–water partition coefficient (Wildman–Crippen LogP) is 29.1. The van der Waals surface area contributed by atoms with Crippen molar-refractivity contribution in [2.45, 2.75) is 157 Å². The maximum atomic E-state index is 10.8. The fourth-order valence-electron chi connectivity index (χ4n) is 9.48. The third-order valence-electron chi connectivity index (χ3n) is 15.3. The SMILES string of the molecule is CC(=O)Nc1cc(C)ccc1C.CCCOc1cccc(C)c1.Cc1c(Cl)cccc1Cl.Cc1cc(C)cc(C)c1.Cc1cc(Cl)cc(Cl)c1.Cc1ccc(C)c(NCCCCCN)c1.Cc1ccc(C)cc1.Cc1ccc(Cl)c(Cl)c1.Cc1ccc(N(C)C)cc1.Cc1cccc(C)c1.Cc1ccccc1. The number of unbranched alkanes of at least 4 members (excludes halogenated alkanes) is 2. The van der Waals surface area contributed by atoms with Crippen LogP contribution in [0.15, 0.2) is 237 Å². The smallest absolute Gasteiger partial charge is 0.221 e. The highest BCUT2D eigenvalue weighted by Gasteiger charge is 2.02. The highest BCUT2D eigenvalue weighted by Crippen LogP contribution is 2.24.